The van der Waals surface area contributed by atoms with Crippen molar-refractivity contribution in [3.8, 4) is 11.4 Å². The van der Waals surface area contributed by atoms with Crippen molar-refractivity contribution < 1.29 is 23.0 Å². The lowest BCUT2D eigenvalue weighted by Gasteiger charge is -2.15. The number of halogens is 3. The molecule has 168 valence electrons. The molecule has 0 radical (unpaired) electrons. The molecular weight excluding hydrogens is 431 g/mol. The lowest BCUT2D eigenvalue weighted by Crippen LogP contribution is -2.28. The largest absolute Gasteiger partial charge is 0.573 e. The van der Waals surface area contributed by atoms with Gasteiger partial charge in [-0.05, 0) is 43.5 Å². The second kappa shape index (κ2) is 8.46. The van der Waals surface area contributed by atoms with Crippen molar-refractivity contribution in [3.63, 3.8) is 0 Å². The summed E-state index contributed by atoms with van der Waals surface area (Å²) < 4.78 is 43.4. The molecule has 4 rings (SSSR count). The van der Waals surface area contributed by atoms with Crippen LogP contribution in [0, 0.1) is 0 Å². The lowest BCUT2D eigenvalue weighted by atomic mass is 10.2. The number of benzene rings is 1. The number of anilines is 2. The van der Waals surface area contributed by atoms with Crippen molar-refractivity contribution in [1.82, 2.24) is 19.3 Å². The smallest absolute Gasteiger partial charge is 0.406 e. The predicted octanol–water partition coefficient (Wildman–Crippen LogP) is 1.91. The van der Waals surface area contributed by atoms with Crippen LogP contribution in [0.15, 0.2) is 46.4 Å². The molecular formula is C20H18F3N5O4. The zero-order valence-electron chi connectivity index (χ0n) is 16.6. The minimum atomic E-state index is -4.83. The number of nitrogens with one attached hydrogen (secondary N) is 1. The minimum Gasteiger partial charge on any atom is -0.406 e. The van der Waals surface area contributed by atoms with Gasteiger partial charge in [-0.2, -0.15) is 4.68 Å². The molecule has 32 heavy (non-hydrogen) atoms. The van der Waals surface area contributed by atoms with Crippen molar-refractivity contribution in [2.24, 2.45) is 0 Å². The maximum atomic E-state index is 12.9. The predicted molar refractivity (Wildman–Crippen MR) is 107 cm³/mol. The SMILES string of the molecule is O=c1c(Nc2nn(-c3ccc(OC(F)(F)F)cc3)c(=O)c3c2CCC3)cncn1CCO. The Kier molecular flexibility index (Phi) is 5.70. The fourth-order valence-corrected chi connectivity index (χ4v) is 3.57. The maximum Gasteiger partial charge on any atom is 0.573 e. The summed E-state index contributed by atoms with van der Waals surface area (Å²) >= 11 is 0. The first-order chi connectivity index (χ1) is 15.3. The molecule has 9 nitrogen and oxygen atoms in total. The van der Waals surface area contributed by atoms with Gasteiger partial charge in [0.1, 0.15) is 11.4 Å². The van der Waals surface area contributed by atoms with Crippen molar-refractivity contribution in [1.29, 1.82) is 0 Å². The van der Waals surface area contributed by atoms with E-state index < -0.39 is 17.7 Å². The highest BCUT2D eigenvalue weighted by Crippen LogP contribution is 2.28. The molecule has 0 spiro atoms. The van der Waals surface area contributed by atoms with E-state index in [1.54, 1.807) is 0 Å². The number of ether oxygens (including phenoxy) is 1. The first kappa shape index (κ1) is 21.6. The molecule has 3 aromatic rings. The van der Waals surface area contributed by atoms with Crippen LogP contribution in [0.25, 0.3) is 5.69 Å². The van der Waals surface area contributed by atoms with E-state index >= 15 is 0 Å². The van der Waals surface area contributed by atoms with E-state index in [9.17, 15) is 22.8 Å². The fraction of sp³-hybridized carbons (Fsp3) is 0.300. The van der Waals surface area contributed by atoms with E-state index in [0.29, 0.717) is 24.0 Å². The Morgan fingerprint density at radius 3 is 2.50 bits per heavy atom. The number of aliphatic hydroxyl groups excluding tert-OH is 1. The highest BCUT2D eigenvalue weighted by atomic mass is 19.4. The number of rotatable bonds is 6. The lowest BCUT2D eigenvalue weighted by molar-refractivity contribution is -0.274. The van der Waals surface area contributed by atoms with E-state index in [0.717, 1.165) is 23.2 Å². The van der Waals surface area contributed by atoms with Gasteiger partial charge in [-0.25, -0.2) is 4.98 Å². The van der Waals surface area contributed by atoms with E-state index in [1.165, 1.54) is 29.2 Å². The maximum absolute atomic E-state index is 12.9. The summed E-state index contributed by atoms with van der Waals surface area (Å²) in [5, 5.41) is 16.4. The summed E-state index contributed by atoms with van der Waals surface area (Å²) in [6.07, 6.45) is -0.378. The quantitative estimate of drug-likeness (QED) is 0.591. The third kappa shape index (κ3) is 4.35. The number of nitrogens with zero attached hydrogens (tertiary/aromatic N) is 4. The molecule has 0 saturated heterocycles. The zero-order valence-corrected chi connectivity index (χ0v) is 16.6. The van der Waals surface area contributed by atoms with Gasteiger partial charge in [0.25, 0.3) is 11.1 Å². The molecule has 1 aliphatic rings. The molecule has 0 aliphatic heterocycles. The molecule has 2 aromatic heterocycles. The van der Waals surface area contributed by atoms with Crippen LogP contribution in [-0.2, 0) is 19.4 Å². The molecule has 0 bridgehead atoms. The average molecular weight is 449 g/mol. The van der Waals surface area contributed by atoms with Crippen molar-refractivity contribution >= 4 is 11.5 Å². The number of aromatic nitrogens is 4. The van der Waals surface area contributed by atoms with Crippen LogP contribution in [0.1, 0.15) is 17.5 Å². The van der Waals surface area contributed by atoms with Gasteiger partial charge < -0.3 is 15.2 Å². The summed E-state index contributed by atoms with van der Waals surface area (Å²) in [5.74, 6) is -0.137. The first-order valence-electron chi connectivity index (χ1n) is 9.70. The summed E-state index contributed by atoms with van der Waals surface area (Å²) in [4.78, 5) is 29.5. The summed E-state index contributed by atoms with van der Waals surface area (Å²) in [5.41, 5.74) is 0.760. The van der Waals surface area contributed by atoms with Crippen LogP contribution < -0.4 is 21.2 Å². The highest BCUT2D eigenvalue weighted by Gasteiger charge is 2.31. The van der Waals surface area contributed by atoms with Gasteiger partial charge in [0.15, 0.2) is 5.82 Å². The van der Waals surface area contributed by atoms with Gasteiger partial charge in [0, 0.05) is 11.1 Å². The molecule has 0 amide bonds. The van der Waals surface area contributed by atoms with Crippen LogP contribution in [-0.4, -0.2) is 37.4 Å². The summed E-state index contributed by atoms with van der Waals surface area (Å²) in [6.45, 7) is -0.170. The van der Waals surface area contributed by atoms with Crippen molar-refractivity contribution in [2.45, 2.75) is 32.2 Å². The normalized spacial score (nSPS) is 13.1. The second-order valence-corrected chi connectivity index (χ2v) is 7.07. The first-order valence-corrected chi connectivity index (χ1v) is 9.70. The monoisotopic (exact) mass is 449 g/mol. The Hall–Kier alpha value is -3.67. The number of fused-ring (bicyclic) bond motifs is 1. The van der Waals surface area contributed by atoms with Gasteiger partial charge in [-0.1, -0.05) is 0 Å². The van der Waals surface area contributed by atoms with Crippen LogP contribution in [0.2, 0.25) is 0 Å². The van der Waals surface area contributed by atoms with Crippen molar-refractivity contribution in [3.05, 3.63) is 68.6 Å². The van der Waals surface area contributed by atoms with Gasteiger partial charge in [0.2, 0.25) is 0 Å². The molecule has 12 heteroatoms. The van der Waals surface area contributed by atoms with Gasteiger partial charge in [-0.3, -0.25) is 14.2 Å². The molecule has 2 N–H and O–H groups in total. The Morgan fingerprint density at radius 1 is 1.09 bits per heavy atom. The number of hydrogen-bond acceptors (Lipinski definition) is 7. The van der Waals surface area contributed by atoms with Gasteiger partial charge in [0.05, 0.1) is 31.4 Å². The van der Waals surface area contributed by atoms with Gasteiger partial charge >= 0.3 is 6.36 Å². The van der Waals surface area contributed by atoms with Crippen LogP contribution in [0.5, 0.6) is 5.75 Å². The Labute approximate surface area is 178 Å². The summed E-state index contributed by atoms with van der Waals surface area (Å²) in [6, 6.07) is 4.76. The highest BCUT2D eigenvalue weighted by molar-refractivity contribution is 5.60. The summed E-state index contributed by atoms with van der Waals surface area (Å²) in [7, 11) is 0. The zero-order chi connectivity index (χ0) is 22.9. The fourth-order valence-electron chi connectivity index (χ4n) is 3.57. The molecule has 1 aliphatic carbocycles. The van der Waals surface area contributed by atoms with E-state index in [-0.39, 0.29) is 35.9 Å². The molecule has 1 aromatic carbocycles. The third-order valence-electron chi connectivity index (χ3n) is 4.96. The minimum absolute atomic E-state index is 0.0682. The number of alkyl halides is 3. The topological polar surface area (TPSA) is 111 Å². The van der Waals surface area contributed by atoms with E-state index in [2.05, 4.69) is 20.1 Å². The van der Waals surface area contributed by atoms with E-state index in [1.807, 2.05) is 0 Å². The Bertz CT molecular complexity index is 1250. The van der Waals surface area contributed by atoms with Crippen LogP contribution >= 0.6 is 0 Å². The molecule has 0 saturated carbocycles. The van der Waals surface area contributed by atoms with Gasteiger partial charge in [-0.15, -0.1) is 18.3 Å². The Morgan fingerprint density at radius 2 is 1.81 bits per heavy atom. The van der Waals surface area contributed by atoms with E-state index in [4.69, 9.17) is 5.11 Å². The van der Waals surface area contributed by atoms with Crippen LogP contribution in [0.4, 0.5) is 24.7 Å². The standard InChI is InChI=1S/C20H18F3N5O4/c21-20(22,23)32-13-6-4-12(5-7-13)28-18(30)15-3-1-2-14(15)17(26-28)25-16-10-24-11-27(8-9-29)19(16)31/h4-7,10-11,29H,1-3,8-9H2,(H,25,26). The van der Waals surface area contributed by atoms with Crippen molar-refractivity contribution in [2.75, 3.05) is 11.9 Å². The number of aliphatic hydroxyl groups is 1. The molecule has 0 fully saturated rings. The molecule has 0 atom stereocenters. The average Bonchev–Trinajstić information content (AvgIpc) is 3.23. The molecule has 0 unspecified atom stereocenters. The second-order valence-electron chi connectivity index (χ2n) is 7.07. The Balaban J connectivity index is 1.74. The molecule has 2 heterocycles. The third-order valence-corrected chi connectivity index (χ3v) is 4.96. The number of hydrogen-bond donors (Lipinski definition) is 2. The van der Waals surface area contributed by atoms with Crippen LogP contribution in [0.3, 0.4) is 0 Å².